The molecule has 4 fully saturated rings. The van der Waals surface area contributed by atoms with Crippen LogP contribution in [0.15, 0.2) is 18.2 Å². The summed E-state index contributed by atoms with van der Waals surface area (Å²) in [7, 11) is 0. The number of carboxylic acids is 1. The maximum absolute atomic E-state index is 13.3. The van der Waals surface area contributed by atoms with Gasteiger partial charge in [-0.1, -0.05) is 13.0 Å². The average molecular weight is 411 g/mol. The maximum Gasteiger partial charge on any atom is 0.419 e. The van der Waals surface area contributed by atoms with E-state index in [-0.39, 0.29) is 11.0 Å². The topological polar surface area (TPSA) is 58.6 Å². The van der Waals surface area contributed by atoms with E-state index in [0.29, 0.717) is 19.1 Å². The monoisotopic (exact) mass is 411 g/mol. The number of aromatic carboxylic acids is 1. The van der Waals surface area contributed by atoms with Gasteiger partial charge in [-0.15, -0.1) is 0 Å². The number of carboxylic acid groups (broad SMARTS) is 1. The van der Waals surface area contributed by atoms with E-state index < -0.39 is 29.7 Å². The van der Waals surface area contributed by atoms with Crippen molar-refractivity contribution < 1.29 is 32.5 Å². The van der Waals surface area contributed by atoms with E-state index in [1.165, 1.54) is 19.3 Å². The fourth-order valence-corrected chi connectivity index (χ4v) is 6.09. The fraction of sp³-hybridized carbons (Fsp3) is 0.682. The predicted molar refractivity (Wildman–Crippen MR) is 97.0 cm³/mol. The molecule has 0 heterocycles. The van der Waals surface area contributed by atoms with Crippen molar-refractivity contribution in [3.05, 3.63) is 29.3 Å². The quantitative estimate of drug-likeness (QED) is 0.624. The highest BCUT2D eigenvalue weighted by Gasteiger charge is 2.51. The minimum Gasteiger partial charge on any atom is -0.545 e. The van der Waals surface area contributed by atoms with E-state index in [9.17, 15) is 23.1 Å². The molecule has 7 heteroatoms. The molecule has 0 aromatic heterocycles. The molecule has 0 aliphatic heterocycles. The minimum atomic E-state index is -4.65. The molecule has 0 saturated heterocycles. The second kappa shape index (κ2) is 7.49. The summed E-state index contributed by atoms with van der Waals surface area (Å²) in [5, 5.41) is 11.1. The van der Waals surface area contributed by atoms with Crippen molar-refractivity contribution in [2.45, 2.75) is 64.3 Å². The van der Waals surface area contributed by atoms with Gasteiger partial charge in [0.2, 0.25) is 0 Å². The van der Waals surface area contributed by atoms with Crippen LogP contribution in [0.25, 0.3) is 0 Å². The standard InChI is InChI=1S/C22H27F3O4/c1-2-19(28-12-21-9-13-5-14(10-21)7-15(6-13)11-21)29-18-8-16(20(26)27)3-4-17(18)22(23,24)25/h3-4,8,13-15,19H,2,5-7,9-12H2,1H3,(H,26,27)/p-1. The molecule has 0 spiro atoms. The first-order valence-electron chi connectivity index (χ1n) is 10.4. The molecule has 1 atom stereocenters. The van der Waals surface area contributed by atoms with Crippen molar-refractivity contribution in [2.24, 2.45) is 23.2 Å². The van der Waals surface area contributed by atoms with E-state index in [2.05, 4.69) is 0 Å². The van der Waals surface area contributed by atoms with Crippen molar-refractivity contribution in [1.82, 2.24) is 0 Å². The Balaban J connectivity index is 1.48. The third-order valence-electron chi connectivity index (χ3n) is 6.85. The largest absolute Gasteiger partial charge is 0.545 e. The van der Waals surface area contributed by atoms with E-state index >= 15 is 0 Å². The van der Waals surface area contributed by atoms with Crippen LogP contribution in [0, 0.1) is 23.2 Å². The molecule has 4 bridgehead atoms. The van der Waals surface area contributed by atoms with Crippen molar-refractivity contribution in [3.8, 4) is 5.75 Å². The molecule has 0 N–H and O–H groups in total. The molecular formula is C22H26F3O4-. The van der Waals surface area contributed by atoms with Crippen molar-refractivity contribution >= 4 is 5.97 Å². The number of carbonyl (C=O) groups is 1. The Morgan fingerprint density at radius 3 is 2.24 bits per heavy atom. The lowest BCUT2D eigenvalue weighted by molar-refractivity contribution is -0.255. The predicted octanol–water partition coefficient (Wildman–Crippen LogP) is 4.42. The molecule has 4 saturated carbocycles. The van der Waals surface area contributed by atoms with Gasteiger partial charge in [-0.25, -0.2) is 0 Å². The summed E-state index contributed by atoms with van der Waals surface area (Å²) in [6, 6.07) is 2.46. The Labute approximate surface area is 168 Å². The Morgan fingerprint density at radius 1 is 1.17 bits per heavy atom. The van der Waals surface area contributed by atoms with Gasteiger partial charge in [0.05, 0.1) is 18.1 Å². The van der Waals surface area contributed by atoms with Crippen LogP contribution in [0.3, 0.4) is 0 Å². The summed E-state index contributed by atoms with van der Waals surface area (Å²) >= 11 is 0. The van der Waals surface area contributed by atoms with E-state index in [4.69, 9.17) is 9.47 Å². The number of hydrogen-bond donors (Lipinski definition) is 0. The van der Waals surface area contributed by atoms with E-state index in [0.717, 1.165) is 49.1 Å². The highest BCUT2D eigenvalue weighted by molar-refractivity contribution is 5.86. The summed E-state index contributed by atoms with van der Waals surface area (Å²) in [5.41, 5.74) is -1.26. The average Bonchev–Trinajstić information content (AvgIpc) is 2.63. The molecule has 4 aliphatic carbocycles. The van der Waals surface area contributed by atoms with E-state index in [1.807, 2.05) is 0 Å². The van der Waals surface area contributed by atoms with Crippen LogP contribution in [0.5, 0.6) is 5.75 Å². The Morgan fingerprint density at radius 2 is 1.76 bits per heavy atom. The second-order valence-electron chi connectivity index (χ2n) is 9.18. The lowest BCUT2D eigenvalue weighted by Crippen LogP contribution is -2.48. The molecule has 1 aromatic carbocycles. The number of hydrogen-bond acceptors (Lipinski definition) is 4. The first kappa shape index (κ1) is 20.5. The molecule has 0 amide bonds. The zero-order valence-electron chi connectivity index (χ0n) is 16.5. The van der Waals surface area contributed by atoms with Gasteiger partial charge in [0.15, 0.2) is 6.29 Å². The van der Waals surface area contributed by atoms with Gasteiger partial charge in [0, 0.05) is 12.0 Å². The van der Waals surface area contributed by atoms with Crippen LogP contribution in [-0.4, -0.2) is 18.9 Å². The van der Waals surface area contributed by atoms with Gasteiger partial charge in [-0.2, -0.15) is 13.2 Å². The molecule has 0 radical (unpaired) electrons. The third kappa shape index (κ3) is 4.25. The first-order chi connectivity index (χ1) is 13.7. The van der Waals surface area contributed by atoms with Crippen molar-refractivity contribution in [3.63, 3.8) is 0 Å². The maximum atomic E-state index is 13.3. The minimum absolute atomic E-state index is 0.116. The summed E-state index contributed by atoms with van der Waals surface area (Å²) in [6.07, 6.45) is 2.14. The highest BCUT2D eigenvalue weighted by atomic mass is 19.4. The molecular weight excluding hydrogens is 385 g/mol. The normalized spacial score (nSPS) is 31.7. The number of halogens is 3. The van der Waals surface area contributed by atoms with E-state index in [1.54, 1.807) is 6.92 Å². The highest BCUT2D eigenvalue weighted by Crippen LogP contribution is 2.60. The van der Waals surface area contributed by atoms with Gasteiger partial charge in [0.25, 0.3) is 0 Å². The lowest BCUT2D eigenvalue weighted by Gasteiger charge is -2.56. The molecule has 4 nitrogen and oxygen atoms in total. The molecule has 29 heavy (non-hydrogen) atoms. The zero-order valence-corrected chi connectivity index (χ0v) is 16.5. The smallest absolute Gasteiger partial charge is 0.419 e. The van der Waals surface area contributed by atoms with Crippen LogP contribution in [0.2, 0.25) is 0 Å². The van der Waals surface area contributed by atoms with Crippen LogP contribution in [0.1, 0.15) is 67.8 Å². The third-order valence-corrected chi connectivity index (χ3v) is 6.85. The van der Waals surface area contributed by atoms with Crippen molar-refractivity contribution in [2.75, 3.05) is 6.61 Å². The molecule has 1 aromatic rings. The number of benzene rings is 1. The summed E-state index contributed by atoms with van der Waals surface area (Å²) in [6.45, 7) is 2.26. The number of carbonyl (C=O) groups excluding carboxylic acids is 1. The Bertz CT molecular complexity index is 739. The van der Waals surface area contributed by atoms with Crippen LogP contribution in [-0.2, 0) is 10.9 Å². The molecule has 160 valence electrons. The summed E-state index contributed by atoms with van der Waals surface area (Å²) in [5.74, 6) is 0.176. The van der Waals surface area contributed by atoms with Gasteiger partial charge in [-0.05, 0) is 73.8 Å². The number of alkyl halides is 3. The Hall–Kier alpha value is -1.76. The summed E-state index contributed by atoms with van der Waals surface area (Å²) < 4.78 is 51.6. The fourth-order valence-electron chi connectivity index (χ4n) is 6.09. The van der Waals surface area contributed by atoms with Gasteiger partial charge in [0.1, 0.15) is 5.75 Å². The van der Waals surface area contributed by atoms with Crippen molar-refractivity contribution in [1.29, 1.82) is 0 Å². The Kier molecular flexibility index (Phi) is 5.30. The number of rotatable bonds is 7. The van der Waals surface area contributed by atoms with Gasteiger partial charge in [-0.3, -0.25) is 0 Å². The second-order valence-corrected chi connectivity index (χ2v) is 9.18. The first-order valence-corrected chi connectivity index (χ1v) is 10.4. The van der Waals surface area contributed by atoms with Crippen LogP contribution >= 0.6 is 0 Å². The molecule has 1 unspecified atom stereocenters. The SMILES string of the molecule is CCC(OCC12CC3CC(CC(C3)C1)C2)Oc1cc(C(=O)[O-])ccc1C(F)(F)F. The van der Waals surface area contributed by atoms with Gasteiger partial charge < -0.3 is 19.4 Å². The zero-order chi connectivity index (χ0) is 20.8. The van der Waals surface area contributed by atoms with Crippen LogP contribution < -0.4 is 9.84 Å². The summed E-state index contributed by atoms with van der Waals surface area (Å²) in [4.78, 5) is 11.1. The van der Waals surface area contributed by atoms with Crippen LogP contribution in [0.4, 0.5) is 13.2 Å². The lowest BCUT2D eigenvalue weighted by atomic mass is 9.50. The molecule has 4 aliphatic rings. The molecule has 5 rings (SSSR count). The van der Waals surface area contributed by atoms with Gasteiger partial charge >= 0.3 is 6.18 Å². The number of ether oxygens (including phenoxy) is 2.